The van der Waals surface area contributed by atoms with Crippen LogP contribution >= 0.6 is 0 Å². The van der Waals surface area contributed by atoms with Crippen LogP contribution in [-0.4, -0.2) is 37.2 Å². The third-order valence-corrected chi connectivity index (χ3v) is 11.6. The first-order valence-corrected chi connectivity index (χ1v) is 25.5. The third kappa shape index (κ3) is 45.3. The van der Waals surface area contributed by atoms with Gasteiger partial charge >= 0.3 is 17.9 Å². The van der Waals surface area contributed by atoms with Gasteiger partial charge in [0.1, 0.15) is 13.2 Å². The molecule has 0 aliphatic carbocycles. The lowest BCUT2D eigenvalue weighted by molar-refractivity contribution is -0.167. The summed E-state index contributed by atoms with van der Waals surface area (Å²) in [6.45, 7) is 6.61. The zero-order valence-electron chi connectivity index (χ0n) is 38.6. The monoisotopic (exact) mass is 807 g/mol. The highest BCUT2D eigenvalue weighted by atomic mass is 16.6. The van der Waals surface area contributed by atoms with Gasteiger partial charge in [-0.05, 0) is 19.3 Å². The molecule has 0 bridgehead atoms. The van der Waals surface area contributed by atoms with Gasteiger partial charge in [0.2, 0.25) is 0 Å². The molecule has 0 saturated heterocycles. The Morgan fingerprint density at radius 1 is 0.281 bits per heavy atom. The Bertz CT molecular complexity index is 844. The predicted octanol–water partition coefficient (Wildman–Crippen LogP) is 16.4. The summed E-state index contributed by atoms with van der Waals surface area (Å²) in [4.78, 5) is 37.6. The maximum absolute atomic E-state index is 12.7. The summed E-state index contributed by atoms with van der Waals surface area (Å²) in [7, 11) is 0. The Balaban J connectivity index is 4.08. The van der Waals surface area contributed by atoms with E-state index in [-0.39, 0.29) is 31.1 Å². The van der Waals surface area contributed by atoms with Crippen molar-refractivity contribution in [2.45, 2.75) is 297 Å². The normalized spacial score (nSPS) is 11.8. The molecule has 0 saturated carbocycles. The van der Waals surface area contributed by atoms with Crippen molar-refractivity contribution in [1.29, 1.82) is 0 Å². The average Bonchev–Trinajstić information content (AvgIpc) is 3.21. The number of carbonyl (C=O) groups is 3. The molecule has 0 aromatic carbocycles. The lowest BCUT2D eigenvalue weighted by atomic mass is 10.0. The van der Waals surface area contributed by atoms with Crippen molar-refractivity contribution < 1.29 is 28.6 Å². The Labute approximate surface area is 355 Å². The van der Waals surface area contributed by atoms with Crippen LogP contribution in [0.25, 0.3) is 0 Å². The minimum Gasteiger partial charge on any atom is -0.462 e. The van der Waals surface area contributed by atoms with Gasteiger partial charge in [-0.1, -0.05) is 252 Å². The molecule has 0 amide bonds. The number of hydrogen-bond acceptors (Lipinski definition) is 6. The van der Waals surface area contributed by atoms with Gasteiger partial charge in [-0.15, -0.1) is 0 Å². The summed E-state index contributed by atoms with van der Waals surface area (Å²) < 4.78 is 16.7. The van der Waals surface area contributed by atoms with E-state index in [9.17, 15) is 14.4 Å². The second kappa shape index (κ2) is 47.1. The molecule has 0 rings (SSSR count). The van der Waals surface area contributed by atoms with Crippen LogP contribution in [0.5, 0.6) is 0 Å². The van der Waals surface area contributed by atoms with Gasteiger partial charge in [0.15, 0.2) is 6.10 Å². The maximum Gasteiger partial charge on any atom is 0.306 e. The van der Waals surface area contributed by atoms with Crippen molar-refractivity contribution in [3.63, 3.8) is 0 Å². The van der Waals surface area contributed by atoms with E-state index >= 15 is 0 Å². The molecule has 0 N–H and O–H groups in total. The SMILES string of the molecule is CCCCCCCCCCCCCCCCCCCCCCCC(=O)OCC(COC(=O)CCCCCCCC)OC(=O)CCCCCCCCCCCCCC. The zero-order valence-corrected chi connectivity index (χ0v) is 38.6. The van der Waals surface area contributed by atoms with Gasteiger partial charge in [0.25, 0.3) is 0 Å². The Hall–Kier alpha value is -1.59. The van der Waals surface area contributed by atoms with Gasteiger partial charge in [-0.3, -0.25) is 14.4 Å². The molecule has 0 fully saturated rings. The highest BCUT2D eigenvalue weighted by molar-refractivity contribution is 5.71. The van der Waals surface area contributed by atoms with Crippen molar-refractivity contribution in [1.82, 2.24) is 0 Å². The highest BCUT2D eigenvalue weighted by Gasteiger charge is 2.19. The first-order valence-electron chi connectivity index (χ1n) is 25.5. The number of unbranched alkanes of at least 4 members (excludes halogenated alkanes) is 36. The second-order valence-electron chi connectivity index (χ2n) is 17.5. The topological polar surface area (TPSA) is 78.9 Å². The van der Waals surface area contributed by atoms with Crippen molar-refractivity contribution in [3.05, 3.63) is 0 Å². The smallest absolute Gasteiger partial charge is 0.306 e. The van der Waals surface area contributed by atoms with E-state index in [2.05, 4.69) is 20.8 Å². The summed E-state index contributed by atoms with van der Waals surface area (Å²) in [6.07, 6.45) is 49.7. The summed E-state index contributed by atoms with van der Waals surface area (Å²) >= 11 is 0. The summed E-state index contributed by atoms with van der Waals surface area (Å²) in [5.41, 5.74) is 0. The van der Waals surface area contributed by atoms with Crippen LogP contribution in [-0.2, 0) is 28.6 Å². The number of ether oxygens (including phenoxy) is 3. The van der Waals surface area contributed by atoms with Crippen LogP contribution in [0, 0.1) is 0 Å². The third-order valence-electron chi connectivity index (χ3n) is 11.6. The first kappa shape index (κ1) is 55.4. The molecular weight excluding hydrogens is 709 g/mol. The fourth-order valence-electron chi connectivity index (χ4n) is 7.74. The van der Waals surface area contributed by atoms with Crippen LogP contribution < -0.4 is 0 Å². The van der Waals surface area contributed by atoms with Gasteiger partial charge in [-0.2, -0.15) is 0 Å². The maximum atomic E-state index is 12.7. The first-order chi connectivity index (χ1) is 28.0. The summed E-state index contributed by atoms with van der Waals surface area (Å²) in [5, 5.41) is 0. The predicted molar refractivity (Wildman–Crippen MR) is 243 cm³/mol. The molecule has 6 heteroatoms. The molecule has 0 spiro atoms. The average molecular weight is 807 g/mol. The summed E-state index contributed by atoms with van der Waals surface area (Å²) in [6, 6.07) is 0. The minimum absolute atomic E-state index is 0.0629. The van der Waals surface area contributed by atoms with E-state index in [1.54, 1.807) is 0 Å². The molecule has 0 radical (unpaired) electrons. The molecule has 0 aromatic heterocycles. The Kier molecular flexibility index (Phi) is 45.8. The van der Waals surface area contributed by atoms with E-state index in [0.717, 1.165) is 57.8 Å². The van der Waals surface area contributed by atoms with Crippen molar-refractivity contribution in [2.24, 2.45) is 0 Å². The van der Waals surface area contributed by atoms with Crippen molar-refractivity contribution in [2.75, 3.05) is 13.2 Å². The summed E-state index contributed by atoms with van der Waals surface area (Å²) in [5.74, 6) is -0.855. The molecule has 0 aliphatic heterocycles. The largest absolute Gasteiger partial charge is 0.462 e. The van der Waals surface area contributed by atoms with Gasteiger partial charge in [0.05, 0.1) is 0 Å². The van der Waals surface area contributed by atoms with E-state index in [1.165, 1.54) is 193 Å². The number of hydrogen-bond donors (Lipinski definition) is 0. The standard InChI is InChI=1S/C51H98O6/c1-4-7-10-13-16-18-20-22-23-24-25-26-27-28-29-30-32-33-35-38-41-44-50(53)56-47-48(46-55-49(52)43-40-37-15-12-9-6-3)57-51(54)45-42-39-36-34-31-21-19-17-14-11-8-5-2/h48H,4-47H2,1-3H3. The second-order valence-corrected chi connectivity index (χ2v) is 17.5. The molecule has 0 aromatic rings. The Morgan fingerprint density at radius 2 is 0.474 bits per heavy atom. The number of rotatable bonds is 47. The van der Waals surface area contributed by atoms with Crippen LogP contribution in [0.15, 0.2) is 0 Å². The van der Waals surface area contributed by atoms with Gasteiger partial charge < -0.3 is 14.2 Å². The molecule has 0 heterocycles. The van der Waals surface area contributed by atoms with Crippen molar-refractivity contribution in [3.8, 4) is 0 Å². The number of esters is 3. The fourth-order valence-corrected chi connectivity index (χ4v) is 7.74. The van der Waals surface area contributed by atoms with Crippen LogP contribution in [0.1, 0.15) is 290 Å². The lowest BCUT2D eigenvalue weighted by Crippen LogP contribution is -2.30. The minimum atomic E-state index is -0.757. The molecule has 6 nitrogen and oxygen atoms in total. The zero-order chi connectivity index (χ0) is 41.5. The molecule has 1 atom stereocenters. The molecule has 57 heavy (non-hydrogen) atoms. The van der Waals surface area contributed by atoms with E-state index in [1.807, 2.05) is 0 Å². The quantitative estimate of drug-likeness (QED) is 0.0346. The van der Waals surface area contributed by atoms with E-state index < -0.39 is 6.10 Å². The van der Waals surface area contributed by atoms with Crippen LogP contribution in [0.2, 0.25) is 0 Å². The molecule has 338 valence electrons. The highest BCUT2D eigenvalue weighted by Crippen LogP contribution is 2.17. The Morgan fingerprint density at radius 3 is 0.702 bits per heavy atom. The molecule has 0 aliphatic rings. The lowest BCUT2D eigenvalue weighted by Gasteiger charge is -2.18. The van der Waals surface area contributed by atoms with E-state index in [0.29, 0.717) is 19.3 Å². The van der Waals surface area contributed by atoms with Gasteiger partial charge in [-0.25, -0.2) is 0 Å². The van der Waals surface area contributed by atoms with Crippen molar-refractivity contribution >= 4 is 17.9 Å². The number of carbonyl (C=O) groups excluding carboxylic acids is 3. The fraction of sp³-hybridized carbons (Fsp3) is 0.941. The molecular formula is C51H98O6. The van der Waals surface area contributed by atoms with E-state index in [4.69, 9.17) is 14.2 Å². The van der Waals surface area contributed by atoms with Crippen LogP contribution in [0.3, 0.4) is 0 Å². The van der Waals surface area contributed by atoms with Gasteiger partial charge in [0, 0.05) is 19.3 Å². The molecule has 1 unspecified atom stereocenters. The van der Waals surface area contributed by atoms with Crippen LogP contribution in [0.4, 0.5) is 0 Å².